The van der Waals surface area contributed by atoms with Crippen LogP contribution in [-0.2, 0) is 29.1 Å². The summed E-state index contributed by atoms with van der Waals surface area (Å²) in [5, 5.41) is 16.6. The normalized spacial score (nSPS) is 11.0. The van der Waals surface area contributed by atoms with Crippen molar-refractivity contribution in [1.29, 1.82) is 0 Å². The summed E-state index contributed by atoms with van der Waals surface area (Å²) in [6, 6.07) is 19.4. The fraction of sp³-hybridized carbons (Fsp3) is 0.152. The van der Waals surface area contributed by atoms with E-state index in [1.165, 1.54) is 22.9 Å². The highest BCUT2D eigenvalue weighted by atomic mass is 32.2. The number of sulfone groups is 1. The van der Waals surface area contributed by atoms with Gasteiger partial charge in [-0.05, 0) is 91.2 Å². The first-order valence-electron chi connectivity index (χ1n) is 14.1. The van der Waals surface area contributed by atoms with Crippen LogP contribution in [0.15, 0.2) is 96.3 Å². The van der Waals surface area contributed by atoms with Crippen LogP contribution in [0.3, 0.4) is 0 Å². The average molecular weight is 622 g/mol. The zero-order valence-corrected chi connectivity index (χ0v) is 25.3. The fourth-order valence-corrected chi connectivity index (χ4v) is 5.90. The van der Waals surface area contributed by atoms with Crippen molar-refractivity contribution in [2.75, 3.05) is 17.6 Å². The first-order valence-corrected chi connectivity index (χ1v) is 15.7. The van der Waals surface area contributed by atoms with E-state index in [0.29, 0.717) is 46.7 Å². The minimum Gasteiger partial charge on any atom is -0.399 e. The Balaban J connectivity index is 1.35. The van der Waals surface area contributed by atoms with E-state index in [1.54, 1.807) is 74.0 Å². The molecule has 2 heterocycles. The summed E-state index contributed by atoms with van der Waals surface area (Å²) in [4.78, 5) is 25.5. The third kappa shape index (κ3) is 8.25. The molecule has 5 N–H and O–H groups in total. The molecule has 0 radical (unpaired) electrons. The number of hydrogen-bond donors (Lipinski definition) is 4. The number of aryl methyl sites for hydroxylation is 2. The summed E-state index contributed by atoms with van der Waals surface area (Å²) < 4.78 is 28.5. The van der Waals surface area contributed by atoms with Crippen molar-refractivity contribution < 1.29 is 18.0 Å². The molecular weight excluding hydrogens is 590 g/mol. The summed E-state index contributed by atoms with van der Waals surface area (Å²) >= 11 is 0. The number of nitrogen functional groups attached to an aromatic ring is 1. The van der Waals surface area contributed by atoms with Gasteiger partial charge in [-0.2, -0.15) is 10.2 Å². The maximum atomic E-state index is 13.5. The second-order valence-corrected chi connectivity index (χ2v) is 12.3. The van der Waals surface area contributed by atoms with Gasteiger partial charge in [-0.1, -0.05) is 11.8 Å². The van der Waals surface area contributed by atoms with Crippen LogP contribution in [0.4, 0.5) is 11.4 Å². The molecule has 3 aromatic carbocycles. The summed E-state index contributed by atoms with van der Waals surface area (Å²) in [5.41, 5.74) is 9.80. The van der Waals surface area contributed by atoms with Crippen LogP contribution in [0, 0.1) is 11.8 Å². The number of benzene rings is 3. The maximum Gasteiger partial charge on any atom is 0.255 e. The van der Waals surface area contributed by atoms with E-state index in [0.717, 1.165) is 12.0 Å². The van der Waals surface area contributed by atoms with Gasteiger partial charge in [0.15, 0.2) is 9.84 Å². The predicted octanol–water partition coefficient (Wildman–Crippen LogP) is 3.71. The number of H-pyrrole nitrogens is 1. The Bertz CT molecular complexity index is 1970. The number of hydrogen-bond acceptors (Lipinski definition) is 7. The van der Waals surface area contributed by atoms with Crippen molar-refractivity contribution in [2.24, 2.45) is 7.05 Å². The second kappa shape index (κ2) is 13.7. The lowest BCUT2D eigenvalue weighted by Gasteiger charge is -2.09. The van der Waals surface area contributed by atoms with Gasteiger partial charge >= 0.3 is 0 Å². The third-order valence-electron chi connectivity index (χ3n) is 6.82. The number of nitrogens with two attached hydrogens (primary N) is 1. The van der Waals surface area contributed by atoms with Crippen molar-refractivity contribution in [3.63, 3.8) is 0 Å². The second-order valence-electron chi connectivity index (χ2n) is 10.3. The number of nitrogens with one attached hydrogen (secondary N) is 3. The number of anilines is 2. The zero-order valence-electron chi connectivity index (χ0n) is 24.4. The molecule has 0 spiro atoms. The highest BCUT2D eigenvalue weighted by Crippen LogP contribution is 2.22. The number of carbonyl (C=O) groups excluding carboxylic acids is 2. The molecule has 5 rings (SSSR count). The van der Waals surface area contributed by atoms with Crippen LogP contribution in [0.2, 0.25) is 0 Å². The monoisotopic (exact) mass is 621 g/mol. The van der Waals surface area contributed by atoms with E-state index in [1.807, 2.05) is 6.20 Å². The SMILES string of the molecule is Cn1ccc(CS(=O)(=O)c2ccc(C(=O)NCCCc3cn[nH]c3)cc2C#Cc2ccc(NC(=O)c3ccc(N)cc3)cc2)n1. The van der Waals surface area contributed by atoms with Crippen molar-refractivity contribution in [3.05, 3.63) is 125 Å². The first kappa shape index (κ1) is 30.8. The predicted molar refractivity (Wildman–Crippen MR) is 171 cm³/mol. The van der Waals surface area contributed by atoms with Crippen LogP contribution >= 0.6 is 0 Å². The molecule has 0 atom stereocenters. The van der Waals surface area contributed by atoms with Gasteiger partial charge in [0.2, 0.25) is 0 Å². The van der Waals surface area contributed by atoms with Crippen LogP contribution in [0.1, 0.15) is 49.5 Å². The quantitative estimate of drug-likeness (QED) is 0.105. The zero-order chi connectivity index (χ0) is 31.8. The van der Waals surface area contributed by atoms with E-state index in [9.17, 15) is 18.0 Å². The Hall–Kier alpha value is -5.67. The molecule has 11 nitrogen and oxygen atoms in total. The lowest BCUT2D eigenvalue weighted by molar-refractivity contribution is 0.0952. The Morgan fingerprint density at radius 2 is 1.71 bits per heavy atom. The van der Waals surface area contributed by atoms with Gasteiger partial charge in [0.25, 0.3) is 11.8 Å². The average Bonchev–Trinajstić information content (AvgIpc) is 3.70. The smallest absolute Gasteiger partial charge is 0.255 e. The number of carbonyl (C=O) groups is 2. The standard InChI is InChI=1S/C33H31N7O4S/c1-40-18-16-30(39-40)22-45(43,44)31-15-10-27(32(41)35-17-2-3-24-20-36-37-21-24)19-26(31)7-4-23-5-13-29(14-6-23)38-33(42)25-8-11-28(34)12-9-25/h5-6,8-16,18-21H,2-3,17,22,34H2,1H3,(H,35,41)(H,36,37)(H,38,42). The van der Waals surface area contributed by atoms with E-state index in [2.05, 4.69) is 37.8 Å². The summed E-state index contributed by atoms with van der Waals surface area (Å²) in [5.74, 6) is 5.01. The number of rotatable bonds is 10. The Morgan fingerprint density at radius 3 is 2.40 bits per heavy atom. The Morgan fingerprint density at radius 1 is 0.956 bits per heavy atom. The number of nitrogens with zero attached hydrogens (tertiary/aromatic N) is 3. The van der Waals surface area contributed by atoms with Crippen molar-refractivity contribution in [1.82, 2.24) is 25.3 Å². The molecule has 0 saturated heterocycles. The molecule has 0 aliphatic carbocycles. The first-order chi connectivity index (χ1) is 21.7. The van der Waals surface area contributed by atoms with Gasteiger partial charge in [0.05, 0.1) is 22.5 Å². The van der Waals surface area contributed by atoms with Gasteiger partial charge in [0.1, 0.15) is 0 Å². The summed E-state index contributed by atoms with van der Waals surface area (Å²) in [7, 11) is -2.13. The molecule has 0 aliphatic heterocycles. The molecule has 5 aromatic rings. The lowest BCUT2D eigenvalue weighted by atomic mass is 10.1. The minimum absolute atomic E-state index is 0.00421. The molecule has 45 heavy (non-hydrogen) atoms. The van der Waals surface area contributed by atoms with E-state index in [4.69, 9.17) is 5.73 Å². The summed E-state index contributed by atoms with van der Waals surface area (Å²) in [6.07, 6.45) is 6.69. The van der Waals surface area contributed by atoms with Crippen molar-refractivity contribution in [3.8, 4) is 11.8 Å². The van der Waals surface area contributed by atoms with Crippen LogP contribution in [-0.4, -0.2) is 46.8 Å². The van der Waals surface area contributed by atoms with Crippen molar-refractivity contribution >= 4 is 33.0 Å². The molecule has 0 fully saturated rings. The lowest BCUT2D eigenvalue weighted by Crippen LogP contribution is -2.25. The fourth-order valence-electron chi connectivity index (χ4n) is 4.48. The molecule has 2 aromatic heterocycles. The molecule has 228 valence electrons. The van der Waals surface area contributed by atoms with Gasteiger partial charge < -0.3 is 16.4 Å². The number of aromatic amines is 1. The molecular formula is C33H31N7O4S. The minimum atomic E-state index is -3.85. The molecule has 2 amide bonds. The van der Waals surface area contributed by atoms with Gasteiger partial charge in [0, 0.05) is 59.6 Å². The topological polar surface area (TPSA) is 165 Å². The largest absolute Gasteiger partial charge is 0.399 e. The maximum absolute atomic E-state index is 13.5. The van der Waals surface area contributed by atoms with E-state index >= 15 is 0 Å². The molecule has 0 bridgehead atoms. The van der Waals surface area contributed by atoms with Crippen LogP contribution in [0.25, 0.3) is 0 Å². The molecule has 12 heteroatoms. The molecule has 0 unspecified atom stereocenters. The highest BCUT2D eigenvalue weighted by molar-refractivity contribution is 7.90. The van der Waals surface area contributed by atoms with Gasteiger partial charge in [-0.3, -0.25) is 19.4 Å². The highest BCUT2D eigenvalue weighted by Gasteiger charge is 2.22. The van der Waals surface area contributed by atoms with E-state index in [-0.39, 0.29) is 28.0 Å². The molecule has 0 saturated carbocycles. The van der Waals surface area contributed by atoms with Gasteiger partial charge in [-0.25, -0.2) is 8.42 Å². The third-order valence-corrected chi connectivity index (χ3v) is 8.53. The van der Waals surface area contributed by atoms with Crippen LogP contribution < -0.4 is 16.4 Å². The summed E-state index contributed by atoms with van der Waals surface area (Å²) in [6.45, 7) is 0.436. The Kier molecular flexibility index (Phi) is 9.40. The van der Waals surface area contributed by atoms with Crippen LogP contribution in [0.5, 0.6) is 0 Å². The number of aromatic nitrogens is 4. The van der Waals surface area contributed by atoms with Crippen molar-refractivity contribution in [2.45, 2.75) is 23.5 Å². The van der Waals surface area contributed by atoms with E-state index < -0.39 is 9.84 Å². The molecule has 0 aliphatic rings. The number of amides is 2. The Labute approximate surface area is 260 Å². The van der Waals surface area contributed by atoms with Gasteiger partial charge in [-0.15, -0.1) is 0 Å².